The van der Waals surface area contributed by atoms with Gasteiger partial charge in [0.15, 0.2) is 5.52 Å². The summed E-state index contributed by atoms with van der Waals surface area (Å²) in [5, 5.41) is 16.1. The van der Waals surface area contributed by atoms with Gasteiger partial charge in [0.25, 0.3) is 0 Å². The van der Waals surface area contributed by atoms with Crippen molar-refractivity contribution >= 4 is 27.0 Å². The van der Waals surface area contributed by atoms with Gasteiger partial charge in [-0.1, -0.05) is 19.9 Å². The number of carbonyl (C=O) groups is 1. The van der Waals surface area contributed by atoms with Crippen molar-refractivity contribution in [2.75, 3.05) is 0 Å². The average Bonchev–Trinajstić information content (AvgIpc) is 2.83. The first-order valence-electron chi connectivity index (χ1n) is 5.79. The van der Waals surface area contributed by atoms with Crippen molar-refractivity contribution in [3.05, 3.63) is 18.2 Å². The second-order valence-corrected chi connectivity index (χ2v) is 6.25. The molecule has 108 valence electrons. The van der Waals surface area contributed by atoms with Crippen LogP contribution in [0.2, 0.25) is 0 Å². The largest absolute Gasteiger partial charge is 0.480 e. The van der Waals surface area contributed by atoms with Crippen LogP contribution in [0.5, 0.6) is 0 Å². The minimum atomic E-state index is -4.04. The number of carboxylic acid groups (broad SMARTS) is 1. The van der Waals surface area contributed by atoms with E-state index in [9.17, 15) is 13.2 Å². The zero-order valence-electron chi connectivity index (χ0n) is 10.8. The quantitative estimate of drug-likeness (QED) is 0.829. The Hall–Kier alpha value is -2.00. The Labute approximate surface area is 114 Å². The zero-order valence-corrected chi connectivity index (χ0v) is 11.6. The smallest absolute Gasteiger partial charge is 0.322 e. The molecule has 0 bridgehead atoms. The third-order valence-corrected chi connectivity index (χ3v) is 4.23. The Morgan fingerprint density at radius 2 is 2.05 bits per heavy atom. The summed E-state index contributed by atoms with van der Waals surface area (Å²) in [6.45, 7) is 3.22. The number of carboxylic acids is 1. The highest BCUT2D eigenvalue weighted by Crippen LogP contribution is 2.20. The first kappa shape index (κ1) is 14.4. The van der Waals surface area contributed by atoms with E-state index in [1.165, 1.54) is 12.1 Å². The van der Waals surface area contributed by atoms with Gasteiger partial charge in [0.05, 0.1) is 0 Å². The fourth-order valence-corrected chi connectivity index (χ4v) is 3.19. The lowest BCUT2D eigenvalue weighted by molar-refractivity contribution is -0.140. The van der Waals surface area contributed by atoms with Crippen molar-refractivity contribution in [2.45, 2.75) is 24.8 Å². The molecule has 1 aromatic heterocycles. The third-order valence-electron chi connectivity index (χ3n) is 2.75. The van der Waals surface area contributed by atoms with Gasteiger partial charge in [-0.2, -0.15) is 4.72 Å². The number of sulfonamides is 1. The van der Waals surface area contributed by atoms with Gasteiger partial charge in [-0.15, -0.1) is 0 Å². The van der Waals surface area contributed by atoms with E-state index in [4.69, 9.17) is 5.11 Å². The van der Waals surface area contributed by atoms with Crippen LogP contribution in [0.4, 0.5) is 0 Å². The Balaban J connectivity index is 2.45. The summed E-state index contributed by atoms with van der Waals surface area (Å²) in [4.78, 5) is 10.9. The van der Waals surface area contributed by atoms with E-state index in [1.54, 1.807) is 19.9 Å². The molecule has 0 fully saturated rings. The lowest BCUT2D eigenvalue weighted by atomic mass is 10.1. The van der Waals surface area contributed by atoms with Gasteiger partial charge < -0.3 is 5.11 Å². The van der Waals surface area contributed by atoms with Crippen LogP contribution in [0.15, 0.2) is 27.7 Å². The molecule has 0 saturated carbocycles. The summed E-state index contributed by atoms with van der Waals surface area (Å²) >= 11 is 0. The van der Waals surface area contributed by atoms with Gasteiger partial charge >= 0.3 is 5.97 Å². The van der Waals surface area contributed by atoms with Gasteiger partial charge in [0.2, 0.25) is 10.0 Å². The van der Waals surface area contributed by atoms with Crippen LogP contribution < -0.4 is 4.72 Å². The standard InChI is InChI=1S/C11H13N3O5S/c1-6(2)9(11(15)16)14-20(17,18)8-5-3-4-7-10(8)13-19-12-7/h3-6,9,14H,1-2H3,(H,15,16)/t9-/m0/s1. The van der Waals surface area contributed by atoms with E-state index in [0.29, 0.717) is 0 Å². The van der Waals surface area contributed by atoms with Crippen LogP contribution in [-0.4, -0.2) is 35.8 Å². The molecule has 2 N–H and O–H groups in total. The average molecular weight is 299 g/mol. The van der Waals surface area contributed by atoms with Crippen LogP contribution in [0.3, 0.4) is 0 Å². The minimum absolute atomic E-state index is 0.0629. The maximum atomic E-state index is 12.3. The predicted molar refractivity (Wildman–Crippen MR) is 68.4 cm³/mol. The highest BCUT2D eigenvalue weighted by molar-refractivity contribution is 7.89. The summed E-state index contributed by atoms with van der Waals surface area (Å²) < 4.78 is 31.2. The first-order valence-corrected chi connectivity index (χ1v) is 7.27. The van der Waals surface area contributed by atoms with Crippen LogP contribution in [0.25, 0.3) is 11.0 Å². The topological polar surface area (TPSA) is 122 Å². The van der Waals surface area contributed by atoms with Crippen molar-refractivity contribution in [1.29, 1.82) is 0 Å². The van der Waals surface area contributed by atoms with Gasteiger partial charge in [-0.05, 0) is 28.4 Å². The van der Waals surface area contributed by atoms with E-state index in [1.807, 2.05) is 0 Å². The molecule has 1 heterocycles. The fourth-order valence-electron chi connectivity index (χ4n) is 1.70. The van der Waals surface area contributed by atoms with E-state index >= 15 is 0 Å². The molecule has 0 radical (unpaired) electrons. The third kappa shape index (κ3) is 2.63. The molecule has 1 aromatic carbocycles. The van der Waals surface area contributed by atoms with Gasteiger partial charge in [0, 0.05) is 0 Å². The van der Waals surface area contributed by atoms with E-state index in [-0.39, 0.29) is 15.9 Å². The molecule has 0 unspecified atom stereocenters. The number of aliphatic carboxylic acids is 1. The monoisotopic (exact) mass is 299 g/mol. The number of hydrogen-bond donors (Lipinski definition) is 2. The maximum absolute atomic E-state index is 12.3. The summed E-state index contributed by atoms with van der Waals surface area (Å²) in [5.41, 5.74) is 0.345. The molecule has 1 atom stereocenters. The van der Waals surface area contributed by atoms with Gasteiger partial charge in [0.1, 0.15) is 16.5 Å². The summed E-state index contributed by atoms with van der Waals surface area (Å²) in [5.74, 6) is -1.65. The molecule has 20 heavy (non-hydrogen) atoms. The number of aromatic nitrogens is 2. The maximum Gasteiger partial charge on any atom is 0.322 e. The van der Waals surface area contributed by atoms with Crippen molar-refractivity contribution in [2.24, 2.45) is 5.92 Å². The predicted octanol–water partition coefficient (Wildman–Crippen LogP) is 0.610. The molecular formula is C11H13N3O5S. The van der Waals surface area contributed by atoms with Crippen molar-refractivity contribution in [3.8, 4) is 0 Å². The van der Waals surface area contributed by atoms with Gasteiger partial charge in [-0.25, -0.2) is 13.0 Å². The summed E-state index contributed by atoms with van der Waals surface area (Å²) in [7, 11) is -4.04. The molecule has 0 aliphatic rings. The van der Waals surface area contributed by atoms with Gasteiger partial charge in [-0.3, -0.25) is 4.79 Å². The first-order chi connectivity index (χ1) is 9.33. The highest BCUT2D eigenvalue weighted by Gasteiger charge is 2.29. The fraction of sp³-hybridized carbons (Fsp3) is 0.364. The molecule has 0 aliphatic carbocycles. The van der Waals surface area contributed by atoms with Crippen LogP contribution in [-0.2, 0) is 14.8 Å². The van der Waals surface area contributed by atoms with Crippen molar-refractivity contribution < 1.29 is 22.9 Å². The number of hydrogen-bond acceptors (Lipinski definition) is 6. The lowest BCUT2D eigenvalue weighted by Gasteiger charge is -2.17. The lowest BCUT2D eigenvalue weighted by Crippen LogP contribution is -2.44. The number of nitrogens with one attached hydrogen (secondary N) is 1. The van der Waals surface area contributed by atoms with E-state index < -0.39 is 28.0 Å². The molecule has 8 nitrogen and oxygen atoms in total. The summed E-state index contributed by atoms with van der Waals surface area (Å²) in [6, 6.07) is 3.11. The molecule has 9 heteroatoms. The second-order valence-electron chi connectivity index (χ2n) is 4.57. The van der Waals surface area contributed by atoms with Crippen LogP contribution in [0, 0.1) is 5.92 Å². The molecule has 0 saturated heterocycles. The Morgan fingerprint density at radius 3 is 2.65 bits per heavy atom. The highest BCUT2D eigenvalue weighted by atomic mass is 32.2. The normalized spacial score (nSPS) is 13.8. The SMILES string of the molecule is CC(C)[C@H](NS(=O)(=O)c1cccc2nonc12)C(=O)O. The zero-order chi connectivity index (χ0) is 14.9. The van der Waals surface area contributed by atoms with Crippen LogP contribution in [0.1, 0.15) is 13.8 Å². The van der Waals surface area contributed by atoms with Crippen molar-refractivity contribution in [3.63, 3.8) is 0 Å². The molecule has 2 rings (SSSR count). The minimum Gasteiger partial charge on any atom is -0.480 e. The van der Waals surface area contributed by atoms with E-state index in [0.717, 1.165) is 0 Å². The molecule has 0 spiro atoms. The number of nitrogens with zero attached hydrogens (tertiary/aromatic N) is 2. The van der Waals surface area contributed by atoms with Crippen LogP contribution >= 0.6 is 0 Å². The Morgan fingerprint density at radius 1 is 1.35 bits per heavy atom. The van der Waals surface area contributed by atoms with E-state index in [2.05, 4.69) is 19.7 Å². The Kier molecular flexibility index (Phi) is 3.73. The Bertz CT molecular complexity index is 737. The number of rotatable bonds is 5. The molecular weight excluding hydrogens is 286 g/mol. The summed E-state index contributed by atoms with van der Waals surface area (Å²) in [6.07, 6.45) is 0. The number of fused-ring (bicyclic) bond motifs is 1. The second kappa shape index (κ2) is 5.17. The molecule has 2 aromatic rings. The van der Waals surface area contributed by atoms with Crippen molar-refractivity contribution in [1.82, 2.24) is 15.0 Å². The molecule has 0 amide bonds. The number of benzene rings is 1. The molecule has 0 aliphatic heterocycles.